The summed E-state index contributed by atoms with van der Waals surface area (Å²) in [5.74, 6) is -0.191. The van der Waals surface area contributed by atoms with Crippen molar-refractivity contribution in [1.29, 1.82) is 0 Å². The molecular formula is C14H18FN3. The lowest BCUT2D eigenvalue weighted by Gasteiger charge is -2.15. The van der Waals surface area contributed by atoms with Crippen molar-refractivity contribution in [2.24, 2.45) is 7.05 Å². The van der Waals surface area contributed by atoms with Crippen LogP contribution in [0, 0.1) is 5.82 Å². The second-order valence-electron chi connectivity index (χ2n) is 4.36. The van der Waals surface area contributed by atoms with Crippen LogP contribution in [-0.4, -0.2) is 16.3 Å². The molecule has 0 saturated heterocycles. The number of nitrogens with one attached hydrogen (secondary N) is 1. The van der Waals surface area contributed by atoms with Crippen LogP contribution in [0.5, 0.6) is 0 Å². The molecule has 1 atom stereocenters. The zero-order chi connectivity index (χ0) is 13.0. The summed E-state index contributed by atoms with van der Waals surface area (Å²) in [6.45, 7) is 2.91. The maximum atomic E-state index is 13.2. The molecule has 18 heavy (non-hydrogen) atoms. The Morgan fingerprint density at radius 1 is 1.39 bits per heavy atom. The maximum Gasteiger partial charge on any atom is 0.123 e. The molecule has 2 rings (SSSR count). The van der Waals surface area contributed by atoms with E-state index in [0.717, 1.165) is 24.2 Å². The average molecular weight is 247 g/mol. The van der Waals surface area contributed by atoms with Gasteiger partial charge < -0.3 is 5.32 Å². The predicted molar refractivity (Wildman–Crippen MR) is 69.7 cm³/mol. The van der Waals surface area contributed by atoms with Crippen molar-refractivity contribution in [3.8, 4) is 0 Å². The van der Waals surface area contributed by atoms with Crippen molar-refractivity contribution in [2.75, 3.05) is 6.54 Å². The Bertz CT molecular complexity index is 507. The smallest absolute Gasteiger partial charge is 0.123 e. The normalized spacial score (nSPS) is 12.6. The fraction of sp³-hybridized carbons (Fsp3) is 0.357. The van der Waals surface area contributed by atoms with Gasteiger partial charge in [-0.15, -0.1) is 0 Å². The van der Waals surface area contributed by atoms with E-state index in [1.807, 2.05) is 25.4 Å². The molecule has 4 heteroatoms. The van der Waals surface area contributed by atoms with Crippen molar-refractivity contribution in [3.63, 3.8) is 0 Å². The van der Waals surface area contributed by atoms with E-state index in [-0.39, 0.29) is 11.9 Å². The van der Waals surface area contributed by atoms with Gasteiger partial charge in [0.2, 0.25) is 0 Å². The lowest BCUT2D eigenvalue weighted by Crippen LogP contribution is -2.23. The quantitative estimate of drug-likeness (QED) is 0.879. The van der Waals surface area contributed by atoms with E-state index in [1.54, 1.807) is 16.8 Å². The van der Waals surface area contributed by atoms with Gasteiger partial charge in [0, 0.05) is 13.2 Å². The molecule has 0 spiro atoms. The molecule has 2 aromatic rings. The molecule has 0 saturated carbocycles. The highest BCUT2D eigenvalue weighted by Gasteiger charge is 2.13. The van der Waals surface area contributed by atoms with Crippen molar-refractivity contribution in [1.82, 2.24) is 15.1 Å². The predicted octanol–water partition coefficient (Wildman–Crippen LogP) is 2.45. The Labute approximate surface area is 107 Å². The van der Waals surface area contributed by atoms with Crippen LogP contribution in [0.4, 0.5) is 4.39 Å². The number of benzene rings is 1. The third kappa shape index (κ3) is 3.17. The van der Waals surface area contributed by atoms with Crippen LogP contribution >= 0.6 is 0 Å². The summed E-state index contributed by atoms with van der Waals surface area (Å²) in [6, 6.07) is 8.84. The van der Waals surface area contributed by atoms with Crippen molar-refractivity contribution in [3.05, 3.63) is 53.6 Å². The molecular weight excluding hydrogens is 229 g/mol. The standard InChI is InChI=1S/C14H18FN3/c1-3-16-14(13-7-8-18(2)17-13)10-11-5-4-6-12(15)9-11/h4-9,14,16H,3,10H2,1-2H3. The number of likely N-dealkylation sites (N-methyl/N-ethyl adjacent to an activating group) is 1. The fourth-order valence-electron chi connectivity index (χ4n) is 2.05. The van der Waals surface area contributed by atoms with Gasteiger partial charge in [0.25, 0.3) is 0 Å². The van der Waals surface area contributed by atoms with Crippen LogP contribution in [0.25, 0.3) is 0 Å². The van der Waals surface area contributed by atoms with E-state index >= 15 is 0 Å². The summed E-state index contributed by atoms with van der Waals surface area (Å²) < 4.78 is 15.0. The minimum Gasteiger partial charge on any atom is -0.309 e. The molecule has 1 aromatic heterocycles. The van der Waals surface area contributed by atoms with E-state index in [1.165, 1.54) is 6.07 Å². The number of hydrogen-bond acceptors (Lipinski definition) is 2. The maximum absolute atomic E-state index is 13.2. The second-order valence-corrected chi connectivity index (χ2v) is 4.36. The second kappa shape index (κ2) is 5.78. The Morgan fingerprint density at radius 3 is 2.83 bits per heavy atom. The number of rotatable bonds is 5. The van der Waals surface area contributed by atoms with Crippen molar-refractivity contribution in [2.45, 2.75) is 19.4 Å². The van der Waals surface area contributed by atoms with Gasteiger partial charge in [-0.3, -0.25) is 4.68 Å². The first kappa shape index (κ1) is 12.8. The molecule has 0 fully saturated rings. The SMILES string of the molecule is CCNC(Cc1cccc(F)c1)c1ccn(C)n1. The van der Waals surface area contributed by atoms with E-state index in [4.69, 9.17) is 0 Å². The first-order chi connectivity index (χ1) is 8.69. The zero-order valence-corrected chi connectivity index (χ0v) is 10.7. The Hall–Kier alpha value is -1.68. The molecule has 0 aliphatic heterocycles. The highest BCUT2D eigenvalue weighted by Crippen LogP contribution is 2.17. The molecule has 0 radical (unpaired) electrons. The summed E-state index contributed by atoms with van der Waals surface area (Å²) in [5, 5.41) is 7.79. The number of halogens is 1. The molecule has 0 aliphatic rings. The van der Waals surface area contributed by atoms with Crippen LogP contribution in [-0.2, 0) is 13.5 Å². The lowest BCUT2D eigenvalue weighted by atomic mass is 10.0. The van der Waals surface area contributed by atoms with Crippen LogP contribution in [0.15, 0.2) is 36.5 Å². The Kier molecular flexibility index (Phi) is 4.10. The summed E-state index contributed by atoms with van der Waals surface area (Å²) >= 11 is 0. The lowest BCUT2D eigenvalue weighted by molar-refractivity contribution is 0.526. The average Bonchev–Trinajstić information content (AvgIpc) is 2.75. The van der Waals surface area contributed by atoms with E-state index in [0.29, 0.717) is 0 Å². The summed E-state index contributed by atoms with van der Waals surface area (Å²) in [5.41, 5.74) is 1.97. The van der Waals surface area contributed by atoms with Gasteiger partial charge >= 0.3 is 0 Å². The number of aromatic nitrogens is 2. The van der Waals surface area contributed by atoms with E-state index < -0.39 is 0 Å². The minimum absolute atomic E-state index is 0.123. The van der Waals surface area contributed by atoms with Crippen molar-refractivity contribution >= 4 is 0 Å². The third-order valence-corrected chi connectivity index (χ3v) is 2.87. The number of hydrogen-bond donors (Lipinski definition) is 1. The topological polar surface area (TPSA) is 29.9 Å². The largest absolute Gasteiger partial charge is 0.309 e. The van der Waals surface area contributed by atoms with E-state index in [9.17, 15) is 4.39 Å². The van der Waals surface area contributed by atoms with Crippen LogP contribution in [0.3, 0.4) is 0 Å². The number of aryl methyl sites for hydroxylation is 1. The molecule has 1 aromatic carbocycles. The zero-order valence-electron chi connectivity index (χ0n) is 10.7. The molecule has 1 unspecified atom stereocenters. The van der Waals surface area contributed by atoms with Gasteiger partial charge in [0.1, 0.15) is 5.82 Å². The van der Waals surface area contributed by atoms with Gasteiger partial charge in [0.05, 0.1) is 11.7 Å². The van der Waals surface area contributed by atoms with Gasteiger partial charge in [-0.2, -0.15) is 5.10 Å². The van der Waals surface area contributed by atoms with Gasteiger partial charge in [0.15, 0.2) is 0 Å². The summed E-state index contributed by atoms with van der Waals surface area (Å²) in [4.78, 5) is 0. The van der Waals surface area contributed by atoms with E-state index in [2.05, 4.69) is 17.3 Å². The van der Waals surface area contributed by atoms with Gasteiger partial charge in [-0.1, -0.05) is 19.1 Å². The number of nitrogens with zero attached hydrogens (tertiary/aromatic N) is 2. The third-order valence-electron chi connectivity index (χ3n) is 2.87. The minimum atomic E-state index is -0.191. The fourth-order valence-corrected chi connectivity index (χ4v) is 2.05. The van der Waals surface area contributed by atoms with Crippen LogP contribution in [0.1, 0.15) is 24.2 Å². The molecule has 1 N–H and O–H groups in total. The molecule has 0 aliphatic carbocycles. The van der Waals surface area contributed by atoms with Gasteiger partial charge in [-0.05, 0) is 36.7 Å². The highest BCUT2D eigenvalue weighted by molar-refractivity contribution is 5.20. The molecule has 3 nitrogen and oxygen atoms in total. The highest BCUT2D eigenvalue weighted by atomic mass is 19.1. The molecule has 1 heterocycles. The molecule has 96 valence electrons. The van der Waals surface area contributed by atoms with Crippen LogP contribution in [0.2, 0.25) is 0 Å². The first-order valence-electron chi connectivity index (χ1n) is 6.16. The monoisotopic (exact) mass is 247 g/mol. The summed E-state index contributed by atoms with van der Waals surface area (Å²) in [7, 11) is 1.90. The Morgan fingerprint density at radius 2 is 2.22 bits per heavy atom. The molecule has 0 bridgehead atoms. The van der Waals surface area contributed by atoms with Gasteiger partial charge in [-0.25, -0.2) is 4.39 Å². The first-order valence-corrected chi connectivity index (χ1v) is 6.16. The Balaban J connectivity index is 2.16. The summed E-state index contributed by atoms with van der Waals surface area (Å²) in [6.07, 6.45) is 2.66. The van der Waals surface area contributed by atoms with Crippen LogP contribution < -0.4 is 5.32 Å². The molecule has 0 amide bonds. The van der Waals surface area contributed by atoms with Crippen molar-refractivity contribution < 1.29 is 4.39 Å².